The van der Waals surface area contributed by atoms with Gasteiger partial charge < -0.3 is 10.6 Å². The van der Waals surface area contributed by atoms with Crippen molar-refractivity contribution < 1.29 is 4.79 Å². The number of hydrogen-bond acceptors (Lipinski definition) is 2. The molecule has 0 bridgehead atoms. The number of carbonyl (C=O) groups is 1. The number of hydrogen-bond donors (Lipinski definition) is 2. The van der Waals surface area contributed by atoms with Crippen LogP contribution in [0.2, 0.25) is 0 Å². The zero-order valence-electron chi connectivity index (χ0n) is 13.2. The molecule has 0 saturated heterocycles. The van der Waals surface area contributed by atoms with Crippen LogP contribution < -0.4 is 10.6 Å². The SMILES string of the molecule is CC1(C)Cc2ccccc2/C(=C/C(=O)Nc2ccccc2Br)N1. The molecule has 1 heterocycles. The van der Waals surface area contributed by atoms with Gasteiger partial charge in [-0.15, -0.1) is 0 Å². The fourth-order valence-corrected chi connectivity index (χ4v) is 3.25. The highest BCUT2D eigenvalue weighted by Crippen LogP contribution is 2.29. The van der Waals surface area contributed by atoms with Crippen molar-refractivity contribution in [2.24, 2.45) is 0 Å². The van der Waals surface area contributed by atoms with E-state index in [1.165, 1.54) is 5.56 Å². The summed E-state index contributed by atoms with van der Waals surface area (Å²) < 4.78 is 0.865. The van der Waals surface area contributed by atoms with Crippen molar-refractivity contribution in [2.75, 3.05) is 5.32 Å². The molecule has 23 heavy (non-hydrogen) atoms. The lowest BCUT2D eigenvalue weighted by Gasteiger charge is -2.35. The fraction of sp³-hybridized carbons (Fsp3) is 0.211. The maximum Gasteiger partial charge on any atom is 0.250 e. The standard InChI is InChI=1S/C19H19BrN2O/c1-19(2)12-13-7-3-4-8-14(13)17(22-19)11-18(23)21-16-10-6-5-9-15(16)20/h3-11,22H,12H2,1-2H3,(H,21,23)/b17-11-. The normalized spacial score (nSPS) is 17.3. The highest BCUT2D eigenvalue weighted by molar-refractivity contribution is 9.10. The van der Waals surface area contributed by atoms with Crippen molar-refractivity contribution in [1.29, 1.82) is 0 Å². The first-order valence-electron chi connectivity index (χ1n) is 7.58. The van der Waals surface area contributed by atoms with Crippen molar-refractivity contribution in [1.82, 2.24) is 5.32 Å². The third kappa shape index (κ3) is 3.64. The van der Waals surface area contributed by atoms with Crippen molar-refractivity contribution in [2.45, 2.75) is 25.8 Å². The van der Waals surface area contributed by atoms with E-state index in [2.05, 4.69) is 52.5 Å². The Hall–Kier alpha value is -2.07. The molecule has 3 nitrogen and oxygen atoms in total. The Balaban J connectivity index is 1.89. The van der Waals surface area contributed by atoms with Crippen LogP contribution in [0.15, 0.2) is 59.1 Å². The molecule has 0 radical (unpaired) electrons. The number of nitrogens with one attached hydrogen (secondary N) is 2. The van der Waals surface area contributed by atoms with Crippen molar-refractivity contribution >= 4 is 33.2 Å². The molecule has 0 saturated carbocycles. The van der Waals surface area contributed by atoms with Crippen LogP contribution in [0.5, 0.6) is 0 Å². The number of halogens is 1. The number of rotatable bonds is 2. The molecule has 2 aromatic rings. The minimum Gasteiger partial charge on any atom is -0.379 e. The smallest absolute Gasteiger partial charge is 0.250 e. The third-order valence-electron chi connectivity index (χ3n) is 3.82. The zero-order chi connectivity index (χ0) is 16.4. The molecule has 2 N–H and O–H groups in total. The van der Waals surface area contributed by atoms with Crippen LogP contribution in [0.3, 0.4) is 0 Å². The van der Waals surface area contributed by atoms with Crippen LogP contribution in [0, 0.1) is 0 Å². The molecule has 1 aliphatic heterocycles. The van der Waals surface area contributed by atoms with E-state index < -0.39 is 0 Å². The topological polar surface area (TPSA) is 41.1 Å². The second kappa shape index (κ2) is 6.20. The third-order valence-corrected chi connectivity index (χ3v) is 4.51. The lowest BCUT2D eigenvalue weighted by atomic mass is 9.86. The Kier molecular flexibility index (Phi) is 4.26. The maximum absolute atomic E-state index is 12.4. The second-order valence-electron chi connectivity index (χ2n) is 6.37. The van der Waals surface area contributed by atoms with Gasteiger partial charge in [0.2, 0.25) is 5.91 Å². The summed E-state index contributed by atoms with van der Waals surface area (Å²) in [6.45, 7) is 4.28. The van der Waals surface area contributed by atoms with Gasteiger partial charge in [-0.05, 0) is 53.9 Å². The number of fused-ring (bicyclic) bond motifs is 1. The molecule has 118 valence electrons. The number of anilines is 1. The number of para-hydroxylation sites is 1. The van der Waals surface area contributed by atoms with Gasteiger partial charge in [0.1, 0.15) is 0 Å². The lowest BCUT2D eigenvalue weighted by Crippen LogP contribution is -2.44. The number of carbonyl (C=O) groups excluding carboxylic acids is 1. The zero-order valence-corrected chi connectivity index (χ0v) is 14.8. The highest BCUT2D eigenvalue weighted by atomic mass is 79.9. The van der Waals surface area contributed by atoms with Gasteiger partial charge in [-0.2, -0.15) is 0 Å². The molecule has 0 spiro atoms. The lowest BCUT2D eigenvalue weighted by molar-refractivity contribution is -0.111. The van der Waals surface area contributed by atoms with Crippen molar-refractivity contribution in [3.8, 4) is 0 Å². The Labute approximate surface area is 144 Å². The van der Waals surface area contributed by atoms with E-state index in [-0.39, 0.29) is 11.4 Å². The Morgan fingerprint density at radius 1 is 1.17 bits per heavy atom. The minimum absolute atomic E-state index is 0.0756. The molecule has 0 aromatic heterocycles. The first-order valence-corrected chi connectivity index (χ1v) is 8.38. The summed E-state index contributed by atoms with van der Waals surface area (Å²) in [6, 6.07) is 15.8. The first-order chi connectivity index (χ1) is 10.9. The van der Waals surface area contributed by atoms with Gasteiger partial charge in [0.25, 0.3) is 0 Å². The van der Waals surface area contributed by atoms with E-state index in [0.29, 0.717) is 0 Å². The van der Waals surface area contributed by atoms with Crippen LogP contribution in [0.1, 0.15) is 25.0 Å². The minimum atomic E-state index is -0.146. The summed E-state index contributed by atoms with van der Waals surface area (Å²) in [5.74, 6) is -0.146. The average Bonchev–Trinajstić information content (AvgIpc) is 2.48. The summed E-state index contributed by atoms with van der Waals surface area (Å²) in [5.41, 5.74) is 3.90. The maximum atomic E-state index is 12.4. The molecule has 1 aliphatic rings. The molecule has 0 fully saturated rings. The van der Waals surface area contributed by atoms with Gasteiger partial charge >= 0.3 is 0 Å². The van der Waals surface area contributed by atoms with Gasteiger partial charge in [-0.1, -0.05) is 36.4 Å². The average molecular weight is 371 g/mol. The van der Waals surface area contributed by atoms with Gasteiger partial charge in [0.15, 0.2) is 0 Å². The first kappa shape index (κ1) is 15.8. The molecule has 0 aliphatic carbocycles. The van der Waals surface area contributed by atoms with Gasteiger partial charge in [0, 0.05) is 27.3 Å². The second-order valence-corrected chi connectivity index (χ2v) is 7.22. The molecule has 4 heteroatoms. The van der Waals surface area contributed by atoms with Gasteiger partial charge in [-0.3, -0.25) is 4.79 Å². The van der Waals surface area contributed by atoms with Gasteiger partial charge in [0.05, 0.1) is 5.69 Å². The molecule has 0 atom stereocenters. The highest BCUT2D eigenvalue weighted by Gasteiger charge is 2.27. The molecule has 2 aromatic carbocycles. The summed E-state index contributed by atoms with van der Waals surface area (Å²) in [7, 11) is 0. The number of benzene rings is 2. The summed E-state index contributed by atoms with van der Waals surface area (Å²) in [5, 5.41) is 6.38. The van der Waals surface area contributed by atoms with E-state index in [0.717, 1.165) is 27.8 Å². The summed E-state index contributed by atoms with van der Waals surface area (Å²) >= 11 is 3.44. The Morgan fingerprint density at radius 2 is 1.87 bits per heavy atom. The monoisotopic (exact) mass is 370 g/mol. The van der Waals surface area contributed by atoms with Crippen LogP contribution in [0.25, 0.3) is 5.70 Å². The van der Waals surface area contributed by atoms with Crippen molar-refractivity contribution in [3.05, 3.63) is 70.2 Å². The van der Waals surface area contributed by atoms with Gasteiger partial charge in [-0.25, -0.2) is 0 Å². The van der Waals surface area contributed by atoms with E-state index in [4.69, 9.17) is 0 Å². The van der Waals surface area contributed by atoms with Crippen LogP contribution in [0.4, 0.5) is 5.69 Å². The molecule has 1 amide bonds. The van der Waals surface area contributed by atoms with Crippen molar-refractivity contribution in [3.63, 3.8) is 0 Å². The predicted octanol–water partition coefficient (Wildman–Crippen LogP) is 4.35. The van der Waals surface area contributed by atoms with Crippen LogP contribution in [-0.4, -0.2) is 11.4 Å². The summed E-state index contributed by atoms with van der Waals surface area (Å²) in [4.78, 5) is 12.4. The molecular formula is C19H19BrN2O. The van der Waals surface area contributed by atoms with Crippen LogP contribution >= 0.6 is 15.9 Å². The van der Waals surface area contributed by atoms with E-state index in [9.17, 15) is 4.79 Å². The molecule has 3 rings (SSSR count). The van der Waals surface area contributed by atoms with E-state index in [1.54, 1.807) is 6.08 Å². The molecule has 0 unspecified atom stereocenters. The van der Waals surface area contributed by atoms with E-state index in [1.807, 2.05) is 36.4 Å². The predicted molar refractivity (Wildman–Crippen MR) is 98.1 cm³/mol. The molecular weight excluding hydrogens is 352 g/mol. The Bertz CT molecular complexity index is 780. The number of amides is 1. The van der Waals surface area contributed by atoms with Crippen LogP contribution in [-0.2, 0) is 11.2 Å². The summed E-state index contributed by atoms with van der Waals surface area (Å²) in [6.07, 6.45) is 2.57. The van der Waals surface area contributed by atoms with E-state index >= 15 is 0 Å². The Morgan fingerprint density at radius 3 is 2.65 bits per heavy atom. The quantitative estimate of drug-likeness (QED) is 0.771. The largest absolute Gasteiger partial charge is 0.379 e. The fourth-order valence-electron chi connectivity index (χ4n) is 2.87.